The zero-order valence-corrected chi connectivity index (χ0v) is 13.0. The number of benzene rings is 1. The minimum Gasteiger partial charge on any atom is -0.344 e. The molecule has 0 aliphatic carbocycles. The molecule has 0 unspecified atom stereocenters. The first-order valence-electron chi connectivity index (χ1n) is 7.77. The number of pyridine rings is 1. The highest BCUT2D eigenvalue weighted by atomic mass is 16.2. The summed E-state index contributed by atoms with van der Waals surface area (Å²) in [4.78, 5) is 28.1. The smallest absolute Gasteiger partial charge is 0.248 e. The van der Waals surface area contributed by atoms with E-state index in [0.29, 0.717) is 18.7 Å². The van der Waals surface area contributed by atoms with E-state index in [4.69, 9.17) is 0 Å². The molecule has 0 radical (unpaired) electrons. The number of piperidine rings is 1. The molecule has 118 valence electrons. The van der Waals surface area contributed by atoms with Gasteiger partial charge in [-0.2, -0.15) is 0 Å². The summed E-state index contributed by atoms with van der Waals surface area (Å²) in [6, 6.07) is 13.3. The summed E-state index contributed by atoms with van der Waals surface area (Å²) in [5.74, 6) is 0.226. The number of carbonyl (C=O) groups excluding carboxylic acids is 2. The van der Waals surface area contributed by atoms with Crippen molar-refractivity contribution in [1.29, 1.82) is 0 Å². The lowest BCUT2D eigenvalue weighted by Crippen LogP contribution is -2.46. The standard InChI is InChI=1S/C18H19N3O2/c1-12-14(13-6-3-2-4-7-13)10-11-16(19-12)21-18(23)15-8-5-9-17(22)20-15/h2-4,6-7,10-11,15H,5,8-9H2,1H3,(H,20,22)(H,19,21,23)/t15-/m1/s1. The number of hydrogen-bond donors (Lipinski definition) is 2. The van der Waals surface area contributed by atoms with Crippen LogP contribution in [0, 0.1) is 6.92 Å². The molecular formula is C18H19N3O2. The van der Waals surface area contributed by atoms with E-state index in [-0.39, 0.29) is 11.8 Å². The van der Waals surface area contributed by atoms with Crippen molar-refractivity contribution in [3.8, 4) is 11.1 Å². The molecule has 2 amide bonds. The Balaban J connectivity index is 1.73. The van der Waals surface area contributed by atoms with Gasteiger partial charge in [-0.15, -0.1) is 0 Å². The fraction of sp³-hybridized carbons (Fsp3) is 0.278. The number of anilines is 1. The molecule has 1 aromatic carbocycles. The number of aryl methyl sites for hydroxylation is 1. The van der Waals surface area contributed by atoms with E-state index in [2.05, 4.69) is 15.6 Å². The van der Waals surface area contributed by atoms with Gasteiger partial charge in [-0.1, -0.05) is 30.3 Å². The van der Waals surface area contributed by atoms with Crippen molar-refractivity contribution >= 4 is 17.6 Å². The zero-order valence-electron chi connectivity index (χ0n) is 13.0. The van der Waals surface area contributed by atoms with Crippen LogP contribution in [-0.2, 0) is 9.59 Å². The predicted octanol–water partition coefficient (Wildman–Crippen LogP) is 2.66. The van der Waals surface area contributed by atoms with E-state index < -0.39 is 6.04 Å². The van der Waals surface area contributed by atoms with Crippen LogP contribution in [-0.4, -0.2) is 22.8 Å². The second-order valence-electron chi connectivity index (χ2n) is 5.70. The van der Waals surface area contributed by atoms with Gasteiger partial charge in [-0.25, -0.2) is 4.98 Å². The van der Waals surface area contributed by atoms with E-state index in [1.807, 2.05) is 43.3 Å². The lowest BCUT2D eigenvalue weighted by Gasteiger charge is -2.22. The van der Waals surface area contributed by atoms with Crippen molar-refractivity contribution in [2.45, 2.75) is 32.2 Å². The van der Waals surface area contributed by atoms with E-state index >= 15 is 0 Å². The molecule has 0 saturated carbocycles. The first kappa shape index (κ1) is 15.2. The summed E-state index contributed by atoms with van der Waals surface area (Å²) in [5, 5.41) is 5.50. The van der Waals surface area contributed by atoms with Gasteiger partial charge in [-0.3, -0.25) is 9.59 Å². The van der Waals surface area contributed by atoms with Crippen LogP contribution in [0.25, 0.3) is 11.1 Å². The van der Waals surface area contributed by atoms with Crippen molar-refractivity contribution in [2.75, 3.05) is 5.32 Å². The third kappa shape index (κ3) is 3.56. The van der Waals surface area contributed by atoms with E-state index in [1.54, 1.807) is 6.07 Å². The molecule has 1 aromatic heterocycles. The number of nitrogens with one attached hydrogen (secondary N) is 2. The average Bonchev–Trinajstić information content (AvgIpc) is 2.56. The Kier molecular flexibility index (Phi) is 4.37. The van der Waals surface area contributed by atoms with Gasteiger partial charge in [0.25, 0.3) is 0 Å². The van der Waals surface area contributed by atoms with Crippen LogP contribution >= 0.6 is 0 Å². The summed E-state index contributed by atoms with van der Waals surface area (Å²) in [6.45, 7) is 1.92. The van der Waals surface area contributed by atoms with Crippen molar-refractivity contribution in [3.63, 3.8) is 0 Å². The highest BCUT2D eigenvalue weighted by Gasteiger charge is 2.24. The second-order valence-corrected chi connectivity index (χ2v) is 5.70. The van der Waals surface area contributed by atoms with Gasteiger partial charge < -0.3 is 10.6 Å². The number of rotatable bonds is 3. The molecule has 0 bridgehead atoms. The minimum atomic E-state index is -0.466. The van der Waals surface area contributed by atoms with Gasteiger partial charge >= 0.3 is 0 Å². The fourth-order valence-corrected chi connectivity index (χ4v) is 2.77. The van der Waals surface area contributed by atoms with E-state index in [0.717, 1.165) is 23.2 Å². The average molecular weight is 309 g/mol. The normalized spacial score (nSPS) is 17.4. The first-order chi connectivity index (χ1) is 11.1. The maximum absolute atomic E-state index is 12.2. The first-order valence-corrected chi connectivity index (χ1v) is 7.77. The lowest BCUT2D eigenvalue weighted by molar-refractivity contribution is -0.128. The Morgan fingerprint density at radius 2 is 2.00 bits per heavy atom. The van der Waals surface area contributed by atoms with Crippen LogP contribution in [0.3, 0.4) is 0 Å². The Morgan fingerprint density at radius 1 is 1.22 bits per heavy atom. The van der Waals surface area contributed by atoms with Crippen LogP contribution in [0.15, 0.2) is 42.5 Å². The Morgan fingerprint density at radius 3 is 2.70 bits per heavy atom. The lowest BCUT2D eigenvalue weighted by atomic mass is 10.0. The molecule has 3 rings (SSSR count). The van der Waals surface area contributed by atoms with E-state index in [9.17, 15) is 9.59 Å². The predicted molar refractivity (Wildman–Crippen MR) is 88.8 cm³/mol. The van der Waals surface area contributed by atoms with Crippen LogP contribution in [0.5, 0.6) is 0 Å². The fourth-order valence-electron chi connectivity index (χ4n) is 2.77. The van der Waals surface area contributed by atoms with Gasteiger partial charge in [0, 0.05) is 17.7 Å². The topological polar surface area (TPSA) is 71.1 Å². The summed E-state index contributed by atoms with van der Waals surface area (Å²) in [5.41, 5.74) is 2.98. The highest BCUT2D eigenvalue weighted by Crippen LogP contribution is 2.23. The third-order valence-corrected chi connectivity index (χ3v) is 3.97. The molecule has 2 N–H and O–H groups in total. The summed E-state index contributed by atoms with van der Waals surface area (Å²) in [7, 11) is 0. The molecular weight excluding hydrogens is 290 g/mol. The molecule has 2 aromatic rings. The quantitative estimate of drug-likeness (QED) is 0.915. The molecule has 1 atom stereocenters. The van der Waals surface area contributed by atoms with Crippen LogP contribution in [0.2, 0.25) is 0 Å². The van der Waals surface area contributed by atoms with Crippen molar-refractivity contribution in [1.82, 2.24) is 10.3 Å². The number of nitrogens with zero attached hydrogens (tertiary/aromatic N) is 1. The Labute approximate surface area is 135 Å². The highest BCUT2D eigenvalue weighted by molar-refractivity contribution is 5.97. The molecule has 0 spiro atoms. The molecule has 5 nitrogen and oxygen atoms in total. The molecule has 2 heterocycles. The molecule has 1 saturated heterocycles. The Hall–Kier alpha value is -2.69. The zero-order chi connectivity index (χ0) is 16.2. The minimum absolute atomic E-state index is 0.0695. The molecule has 1 fully saturated rings. The van der Waals surface area contributed by atoms with Crippen molar-refractivity contribution in [2.24, 2.45) is 0 Å². The maximum Gasteiger partial charge on any atom is 0.248 e. The Bertz CT molecular complexity index is 728. The van der Waals surface area contributed by atoms with Gasteiger partial charge in [0.05, 0.1) is 0 Å². The van der Waals surface area contributed by atoms with Crippen LogP contribution < -0.4 is 10.6 Å². The summed E-state index contributed by atoms with van der Waals surface area (Å²) >= 11 is 0. The van der Waals surface area contributed by atoms with Crippen molar-refractivity contribution in [3.05, 3.63) is 48.2 Å². The van der Waals surface area contributed by atoms with Crippen LogP contribution in [0.4, 0.5) is 5.82 Å². The molecule has 1 aliphatic rings. The third-order valence-electron chi connectivity index (χ3n) is 3.97. The largest absolute Gasteiger partial charge is 0.344 e. The van der Waals surface area contributed by atoms with Crippen LogP contribution in [0.1, 0.15) is 25.0 Å². The number of aromatic nitrogens is 1. The molecule has 5 heteroatoms. The van der Waals surface area contributed by atoms with Gasteiger partial charge in [0.2, 0.25) is 11.8 Å². The van der Waals surface area contributed by atoms with Crippen molar-refractivity contribution < 1.29 is 9.59 Å². The van der Waals surface area contributed by atoms with Gasteiger partial charge in [-0.05, 0) is 37.5 Å². The van der Waals surface area contributed by atoms with E-state index in [1.165, 1.54) is 0 Å². The number of amides is 2. The summed E-state index contributed by atoms with van der Waals surface area (Å²) < 4.78 is 0. The number of hydrogen-bond acceptors (Lipinski definition) is 3. The van der Waals surface area contributed by atoms with Gasteiger partial charge in [0.15, 0.2) is 0 Å². The molecule has 23 heavy (non-hydrogen) atoms. The SMILES string of the molecule is Cc1nc(NC(=O)[C@H]2CCCC(=O)N2)ccc1-c1ccccc1. The summed E-state index contributed by atoms with van der Waals surface area (Å²) in [6.07, 6.45) is 1.90. The number of carbonyl (C=O) groups is 2. The monoisotopic (exact) mass is 309 g/mol. The maximum atomic E-state index is 12.2. The molecule has 1 aliphatic heterocycles. The second kappa shape index (κ2) is 6.60. The van der Waals surface area contributed by atoms with Gasteiger partial charge in [0.1, 0.15) is 11.9 Å².